The lowest BCUT2D eigenvalue weighted by Gasteiger charge is -2.29. The highest BCUT2D eigenvalue weighted by Crippen LogP contribution is 2.25. The molecule has 0 aromatic carbocycles. The largest absolute Gasteiger partial charge is 0.352 e. The van der Waals surface area contributed by atoms with Crippen LogP contribution >= 0.6 is 0 Å². The van der Waals surface area contributed by atoms with Gasteiger partial charge >= 0.3 is 0 Å². The first-order chi connectivity index (χ1) is 7.64. The molecular weight excluding hydrogens is 200 g/mol. The van der Waals surface area contributed by atoms with Crippen molar-refractivity contribution in [1.82, 2.24) is 10.6 Å². The Morgan fingerprint density at radius 3 is 2.69 bits per heavy atom. The van der Waals surface area contributed by atoms with Crippen molar-refractivity contribution in [3.8, 4) is 0 Å². The summed E-state index contributed by atoms with van der Waals surface area (Å²) >= 11 is 0. The van der Waals surface area contributed by atoms with Crippen LogP contribution in [0.5, 0.6) is 0 Å². The van der Waals surface area contributed by atoms with Crippen LogP contribution in [-0.2, 0) is 4.79 Å². The van der Waals surface area contributed by atoms with E-state index in [2.05, 4.69) is 31.4 Å². The van der Waals surface area contributed by atoms with E-state index in [1.165, 1.54) is 0 Å². The maximum Gasteiger partial charge on any atom is 0.240 e. The van der Waals surface area contributed by atoms with Crippen molar-refractivity contribution in [2.24, 2.45) is 0 Å². The monoisotopic (exact) mass is 226 g/mol. The van der Waals surface area contributed by atoms with Crippen LogP contribution in [0.2, 0.25) is 0 Å². The summed E-state index contributed by atoms with van der Waals surface area (Å²) in [5.41, 5.74) is -0.267. The van der Waals surface area contributed by atoms with Crippen LogP contribution in [0.4, 0.5) is 0 Å². The van der Waals surface area contributed by atoms with Gasteiger partial charge in [0.25, 0.3) is 0 Å². The second-order valence-corrected chi connectivity index (χ2v) is 5.03. The SMILES string of the molecule is CCCC(C)NC(=O)C1(CCC)CCCN1. The van der Waals surface area contributed by atoms with Crippen LogP contribution in [-0.4, -0.2) is 24.0 Å². The predicted octanol–water partition coefficient (Wildman–Crippen LogP) is 2.21. The molecule has 3 heteroatoms. The fraction of sp³-hybridized carbons (Fsp3) is 0.923. The van der Waals surface area contributed by atoms with Crippen molar-refractivity contribution < 1.29 is 4.79 Å². The standard InChI is InChI=1S/C13H26N2O/c1-4-7-11(3)15-12(16)13(8-5-2)9-6-10-14-13/h11,14H,4-10H2,1-3H3,(H,15,16). The van der Waals surface area contributed by atoms with E-state index in [9.17, 15) is 4.79 Å². The third-order valence-corrected chi connectivity index (χ3v) is 3.45. The van der Waals surface area contributed by atoms with Gasteiger partial charge in [-0.15, -0.1) is 0 Å². The lowest BCUT2D eigenvalue weighted by Crippen LogP contribution is -2.55. The van der Waals surface area contributed by atoms with Crippen LogP contribution in [0.15, 0.2) is 0 Å². The molecule has 0 aromatic heterocycles. The van der Waals surface area contributed by atoms with Crippen molar-refractivity contribution in [1.29, 1.82) is 0 Å². The highest BCUT2D eigenvalue weighted by atomic mass is 16.2. The molecule has 0 aromatic rings. The first-order valence-corrected chi connectivity index (χ1v) is 6.70. The molecule has 1 aliphatic rings. The molecule has 1 heterocycles. The summed E-state index contributed by atoms with van der Waals surface area (Å²) < 4.78 is 0. The van der Waals surface area contributed by atoms with Crippen LogP contribution in [0.25, 0.3) is 0 Å². The zero-order valence-electron chi connectivity index (χ0n) is 10.9. The fourth-order valence-corrected chi connectivity index (χ4v) is 2.62. The predicted molar refractivity (Wildman–Crippen MR) is 67.4 cm³/mol. The lowest BCUT2D eigenvalue weighted by molar-refractivity contribution is -0.128. The highest BCUT2D eigenvalue weighted by molar-refractivity contribution is 5.86. The fourth-order valence-electron chi connectivity index (χ4n) is 2.62. The topological polar surface area (TPSA) is 41.1 Å². The molecule has 16 heavy (non-hydrogen) atoms. The van der Waals surface area contributed by atoms with Crippen LogP contribution in [0.1, 0.15) is 59.3 Å². The second-order valence-electron chi connectivity index (χ2n) is 5.03. The molecule has 1 amide bonds. The summed E-state index contributed by atoms with van der Waals surface area (Å²) in [5, 5.41) is 6.55. The van der Waals surface area contributed by atoms with Crippen LogP contribution in [0.3, 0.4) is 0 Å². The Morgan fingerprint density at radius 2 is 2.19 bits per heavy atom. The molecular formula is C13H26N2O. The normalized spacial score (nSPS) is 26.7. The average Bonchev–Trinajstić information content (AvgIpc) is 2.68. The van der Waals surface area contributed by atoms with Crippen molar-refractivity contribution in [2.45, 2.75) is 70.9 Å². The van der Waals surface area contributed by atoms with Crippen molar-refractivity contribution in [2.75, 3.05) is 6.54 Å². The molecule has 0 aliphatic carbocycles. The van der Waals surface area contributed by atoms with Gasteiger partial charge in [-0.3, -0.25) is 4.79 Å². The Kier molecular flexibility index (Phi) is 5.26. The van der Waals surface area contributed by atoms with E-state index in [0.717, 1.165) is 45.1 Å². The van der Waals surface area contributed by atoms with E-state index in [0.29, 0.717) is 6.04 Å². The molecule has 2 atom stereocenters. The molecule has 0 saturated carbocycles. The zero-order valence-corrected chi connectivity index (χ0v) is 10.9. The van der Waals surface area contributed by atoms with E-state index in [4.69, 9.17) is 0 Å². The molecule has 94 valence electrons. The maximum absolute atomic E-state index is 12.3. The number of nitrogens with one attached hydrogen (secondary N) is 2. The molecule has 0 radical (unpaired) electrons. The van der Waals surface area contributed by atoms with Crippen molar-refractivity contribution in [3.63, 3.8) is 0 Å². The minimum absolute atomic E-state index is 0.216. The van der Waals surface area contributed by atoms with Gasteiger partial charge in [-0.05, 0) is 39.2 Å². The van der Waals surface area contributed by atoms with Crippen LogP contribution in [0, 0.1) is 0 Å². The Morgan fingerprint density at radius 1 is 1.44 bits per heavy atom. The van der Waals surface area contributed by atoms with Gasteiger partial charge in [0, 0.05) is 6.04 Å². The number of amides is 1. The lowest BCUT2D eigenvalue weighted by atomic mass is 9.90. The number of carbonyl (C=O) groups is 1. The summed E-state index contributed by atoms with van der Waals surface area (Å²) in [6.45, 7) is 7.37. The molecule has 2 N–H and O–H groups in total. The van der Waals surface area contributed by atoms with E-state index in [1.54, 1.807) is 0 Å². The molecule has 3 nitrogen and oxygen atoms in total. The third-order valence-electron chi connectivity index (χ3n) is 3.45. The van der Waals surface area contributed by atoms with E-state index in [1.807, 2.05) is 0 Å². The molecule has 1 saturated heterocycles. The molecule has 0 bridgehead atoms. The average molecular weight is 226 g/mol. The van der Waals surface area contributed by atoms with E-state index in [-0.39, 0.29) is 11.4 Å². The minimum atomic E-state index is -0.267. The van der Waals surface area contributed by atoms with Gasteiger partial charge in [-0.1, -0.05) is 26.7 Å². The highest BCUT2D eigenvalue weighted by Gasteiger charge is 2.40. The first kappa shape index (κ1) is 13.5. The van der Waals surface area contributed by atoms with E-state index >= 15 is 0 Å². The number of carbonyl (C=O) groups excluding carboxylic acids is 1. The van der Waals surface area contributed by atoms with Gasteiger partial charge in [0.2, 0.25) is 5.91 Å². The molecule has 1 aliphatic heterocycles. The molecule has 1 rings (SSSR count). The summed E-state index contributed by atoms with van der Waals surface area (Å²) in [6.07, 6.45) is 6.31. The molecule has 1 fully saturated rings. The van der Waals surface area contributed by atoms with Crippen molar-refractivity contribution >= 4 is 5.91 Å². The van der Waals surface area contributed by atoms with Crippen molar-refractivity contribution in [3.05, 3.63) is 0 Å². The third kappa shape index (κ3) is 3.21. The summed E-state index contributed by atoms with van der Waals surface area (Å²) in [7, 11) is 0. The van der Waals surface area contributed by atoms with E-state index < -0.39 is 0 Å². The summed E-state index contributed by atoms with van der Waals surface area (Å²) in [4.78, 5) is 12.3. The Hall–Kier alpha value is -0.570. The summed E-state index contributed by atoms with van der Waals surface area (Å²) in [6, 6.07) is 0.300. The van der Waals surface area contributed by atoms with Gasteiger partial charge < -0.3 is 10.6 Å². The number of hydrogen-bond donors (Lipinski definition) is 2. The maximum atomic E-state index is 12.3. The van der Waals surface area contributed by atoms with Gasteiger partial charge in [-0.25, -0.2) is 0 Å². The zero-order chi connectivity index (χ0) is 12.0. The van der Waals surface area contributed by atoms with Crippen LogP contribution < -0.4 is 10.6 Å². The minimum Gasteiger partial charge on any atom is -0.352 e. The Labute approximate surface area is 99.4 Å². The molecule has 0 spiro atoms. The Balaban J connectivity index is 2.54. The first-order valence-electron chi connectivity index (χ1n) is 6.70. The quantitative estimate of drug-likeness (QED) is 0.729. The smallest absolute Gasteiger partial charge is 0.240 e. The van der Waals surface area contributed by atoms with Gasteiger partial charge in [0.05, 0.1) is 5.54 Å². The van der Waals surface area contributed by atoms with Gasteiger partial charge in [-0.2, -0.15) is 0 Å². The Bertz CT molecular complexity index is 222. The number of hydrogen-bond acceptors (Lipinski definition) is 2. The van der Waals surface area contributed by atoms with Gasteiger partial charge in [0.1, 0.15) is 0 Å². The molecule has 2 unspecified atom stereocenters. The second kappa shape index (κ2) is 6.24. The summed E-state index contributed by atoms with van der Waals surface area (Å²) in [5.74, 6) is 0.216. The van der Waals surface area contributed by atoms with Gasteiger partial charge in [0.15, 0.2) is 0 Å². The number of rotatable bonds is 6.